The van der Waals surface area contributed by atoms with Gasteiger partial charge in [-0.05, 0) is 37.2 Å². The van der Waals surface area contributed by atoms with E-state index in [0.717, 1.165) is 30.6 Å². The molecule has 5 nitrogen and oxygen atoms in total. The van der Waals surface area contributed by atoms with Crippen LogP contribution in [0.25, 0.3) is 0 Å². The molecule has 2 aromatic rings. The Morgan fingerprint density at radius 2 is 1.96 bits per heavy atom. The molecule has 2 aliphatic rings. The first-order valence-electron chi connectivity index (χ1n) is 8.36. The number of amides is 2. The molecule has 1 saturated carbocycles. The van der Waals surface area contributed by atoms with E-state index in [0.29, 0.717) is 0 Å². The van der Waals surface area contributed by atoms with Gasteiger partial charge >= 0.3 is 6.03 Å². The summed E-state index contributed by atoms with van der Waals surface area (Å²) in [4.78, 5) is 14.1. The molecule has 23 heavy (non-hydrogen) atoms. The second-order valence-electron chi connectivity index (χ2n) is 6.73. The Morgan fingerprint density at radius 1 is 1.22 bits per heavy atom. The van der Waals surface area contributed by atoms with Crippen LogP contribution in [0, 0.1) is 11.8 Å². The van der Waals surface area contributed by atoms with Gasteiger partial charge in [-0.2, -0.15) is 5.10 Å². The fourth-order valence-corrected chi connectivity index (χ4v) is 3.25. The van der Waals surface area contributed by atoms with Crippen LogP contribution in [0.15, 0.2) is 42.7 Å². The molecule has 0 spiro atoms. The standard InChI is InChI=1S/C18H22N4O/c1-13(14-5-3-2-4-6-14)22-12-17(9-19-22)20-18(23)21-10-16(11-21)15-7-8-15/h2-6,9,12-13,15-16H,7-8,10-11H2,1H3,(H,20,23). The molecule has 1 unspecified atom stereocenters. The normalized spacial score (nSPS) is 19.3. The SMILES string of the molecule is CC(c1ccccc1)n1cc(NC(=O)N2CC(C3CC3)C2)cn1. The van der Waals surface area contributed by atoms with E-state index in [1.807, 2.05) is 34.0 Å². The number of nitrogens with zero attached hydrogens (tertiary/aromatic N) is 3. The molecule has 2 amide bonds. The summed E-state index contributed by atoms with van der Waals surface area (Å²) >= 11 is 0. The maximum atomic E-state index is 12.2. The van der Waals surface area contributed by atoms with Crippen LogP contribution in [0.5, 0.6) is 0 Å². The van der Waals surface area contributed by atoms with Gasteiger partial charge in [-0.1, -0.05) is 30.3 Å². The summed E-state index contributed by atoms with van der Waals surface area (Å²) in [7, 11) is 0. The number of nitrogens with one attached hydrogen (secondary N) is 1. The summed E-state index contributed by atoms with van der Waals surface area (Å²) in [6, 6.07) is 10.4. The Labute approximate surface area is 136 Å². The Bertz CT molecular complexity index is 686. The molecule has 4 rings (SSSR count). The van der Waals surface area contributed by atoms with Crippen LogP contribution in [0.4, 0.5) is 10.5 Å². The highest BCUT2D eigenvalue weighted by molar-refractivity contribution is 5.89. The van der Waals surface area contributed by atoms with E-state index in [1.54, 1.807) is 6.20 Å². The van der Waals surface area contributed by atoms with E-state index in [1.165, 1.54) is 18.4 Å². The first-order valence-corrected chi connectivity index (χ1v) is 8.36. The molecule has 120 valence electrons. The van der Waals surface area contributed by atoms with Gasteiger partial charge in [0.15, 0.2) is 0 Å². The molecule has 1 aromatic carbocycles. The summed E-state index contributed by atoms with van der Waals surface area (Å²) in [6.45, 7) is 3.92. The van der Waals surface area contributed by atoms with Crippen molar-refractivity contribution in [2.24, 2.45) is 11.8 Å². The van der Waals surface area contributed by atoms with E-state index >= 15 is 0 Å². The van der Waals surface area contributed by atoms with Gasteiger partial charge in [-0.15, -0.1) is 0 Å². The van der Waals surface area contributed by atoms with E-state index in [9.17, 15) is 4.79 Å². The smallest absolute Gasteiger partial charge is 0.321 e. The van der Waals surface area contributed by atoms with Crippen molar-refractivity contribution in [1.29, 1.82) is 0 Å². The number of hydrogen-bond acceptors (Lipinski definition) is 2. The van der Waals surface area contributed by atoms with Gasteiger partial charge in [0.2, 0.25) is 0 Å². The minimum Gasteiger partial charge on any atom is -0.324 e. The molecule has 1 atom stereocenters. The Hall–Kier alpha value is -2.30. The molecule has 0 bridgehead atoms. The van der Waals surface area contributed by atoms with Crippen LogP contribution in [0.1, 0.15) is 31.4 Å². The third-order valence-electron chi connectivity index (χ3n) is 5.02. The van der Waals surface area contributed by atoms with Gasteiger partial charge in [0.25, 0.3) is 0 Å². The molecule has 1 saturated heterocycles. The van der Waals surface area contributed by atoms with Gasteiger partial charge in [-0.25, -0.2) is 4.79 Å². The number of carbonyl (C=O) groups is 1. The first kappa shape index (κ1) is 14.3. The Kier molecular flexibility index (Phi) is 3.56. The Balaban J connectivity index is 1.35. The van der Waals surface area contributed by atoms with Gasteiger partial charge in [0.1, 0.15) is 0 Å². The zero-order chi connectivity index (χ0) is 15.8. The molecule has 1 aromatic heterocycles. The molecule has 1 aliphatic heterocycles. The second-order valence-corrected chi connectivity index (χ2v) is 6.73. The lowest BCUT2D eigenvalue weighted by molar-refractivity contribution is 0.118. The zero-order valence-corrected chi connectivity index (χ0v) is 13.4. The van der Waals surface area contributed by atoms with Crippen LogP contribution in [-0.4, -0.2) is 33.8 Å². The summed E-state index contributed by atoms with van der Waals surface area (Å²) in [5.41, 5.74) is 1.95. The molecule has 1 aliphatic carbocycles. The Morgan fingerprint density at radius 3 is 2.65 bits per heavy atom. The lowest BCUT2D eigenvalue weighted by Gasteiger charge is -2.39. The summed E-state index contributed by atoms with van der Waals surface area (Å²) < 4.78 is 1.88. The fourth-order valence-electron chi connectivity index (χ4n) is 3.25. The van der Waals surface area contributed by atoms with Crippen LogP contribution < -0.4 is 5.32 Å². The lowest BCUT2D eigenvalue weighted by atomic mass is 9.95. The minimum absolute atomic E-state index is 0.00573. The van der Waals surface area contributed by atoms with E-state index in [4.69, 9.17) is 0 Å². The fraction of sp³-hybridized carbons (Fsp3) is 0.444. The molecule has 1 N–H and O–H groups in total. The van der Waals surface area contributed by atoms with Gasteiger partial charge in [0.05, 0.1) is 17.9 Å². The zero-order valence-electron chi connectivity index (χ0n) is 13.4. The van der Waals surface area contributed by atoms with Gasteiger partial charge in [0, 0.05) is 19.3 Å². The average Bonchev–Trinajstić information content (AvgIpc) is 3.24. The van der Waals surface area contributed by atoms with Crippen LogP contribution in [0.3, 0.4) is 0 Å². The monoisotopic (exact) mass is 310 g/mol. The number of carbonyl (C=O) groups excluding carboxylic acids is 1. The molecular weight excluding hydrogens is 288 g/mol. The number of urea groups is 1. The van der Waals surface area contributed by atoms with E-state index in [-0.39, 0.29) is 12.1 Å². The predicted molar refractivity (Wildman–Crippen MR) is 89.3 cm³/mol. The maximum Gasteiger partial charge on any atom is 0.321 e. The molecule has 2 fully saturated rings. The van der Waals surface area contributed by atoms with Crippen molar-refractivity contribution in [2.75, 3.05) is 18.4 Å². The third kappa shape index (κ3) is 2.96. The quantitative estimate of drug-likeness (QED) is 0.941. The summed E-state index contributed by atoms with van der Waals surface area (Å²) in [5.74, 6) is 1.62. The topological polar surface area (TPSA) is 50.2 Å². The van der Waals surface area contributed by atoms with Crippen LogP contribution in [-0.2, 0) is 0 Å². The maximum absolute atomic E-state index is 12.2. The number of hydrogen-bond donors (Lipinski definition) is 1. The highest BCUT2D eigenvalue weighted by atomic mass is 16.2. The third-order valence-corrected chi connectivity index (χ3v) is 5.02. The molecule has 2 heterocycles. The number of rotatable bonds is 4. The molecule has 5 heteroatoms. The van der Waals surface area contributed by atoms with Crippen molar-refractivity contribution in [3.05, 3.63) is 48.3 Å². The van der Waals surface area contributed by atoms with Crippen molar-refractivity contribution in [1.82, 2.24) is 14.7 Å². The van der Waals surface area contributed by atoms with E-state index < -0.39 is 0 Å². The number of likely N-dealkylation sites (tertiary alicyclic amines) is 1. The number of benzene rings is 1. The van der Waals surface area contributed by atoms with Gasteiger partial charge < -0.3 is 10.2 Å². The van der Waals surface area contributed by atoms with E-state index in [2.05, 4.69) is 29.5 Å². The van der Waals surface area contributed by atoms with Gasteiger partial charge in [-0.3, -0.25) is 4.68 Å². The number of anilines is 1. The summed E-state index contributed by atoms with van der Waals surface area (Å²) in [6.07, 6.45) is 6.32. The van der Waals surface area contributed by atoms with Crippen molar-refractivity contribution in [3.8, 4) is 0 Å². The number of aromatic nitrogens is 2. The average molecular weight is 310 g/mol. The molecule has 0 radical (unpaired) electrons. The highest BCUT2D eigenvalue weighted by Crippen LogP contribution is 2.41. The summed E-state index contributed by atoms with van der Waals surface area (Å²) in [5, 5.41) is 7.34. The van der Waals surface area contributed by atoms with Crippen LogP contribution in [0.2, 0.25) is 0 Å². The van der Waals surface area contributed by atoms with Crippen molar-refractivity contribution in [2.45, 2.75) is 25.8 Å². The molecular formula is C18H22N4O. The first-order chi connectivity index (χ1) is 11.2. The van der Waals surface area contributed by atoms with Crippen LogP contribution >= 0.6 is 0 Å². The second kappa shape index (κ2) is 5.72. The van der Waals surface area contributed by atoms with Crippen molar-refractivity contribution >= 4 is 11.7 Å². The van der Waals surface area contributed by atoms with Crippen molar-refractivity contribution in [3.63, 3.8) is 0 Å². The highest BCUT2D eigenvalue weighted by Gasteiger charge is 2.41. The largest absolute Gasteiger partial charge is 0.324 e. The lowest BCUT2D eigenvalue weighted by Crippen LogP contribution is -2.52. The minimum atomic E-state index is -0.00573. The predicted octanol–water partition coefficient (Wildman–Crippen LogP) is 3.37. The van der Waals surface area contributed by atoms with Crippen molar-refractivity contribution < 1.29 is 4.79 Å².